The maximum atomic E-state index is 11.1. The van der Waals surface area contributed by atoms with Crippen LogP contribution in [0.15, 0.2) is 24.3 Å². The van der Waals surface area contributed by atoms with Crippen molar-refractivity contribution in [3.63, 3.8) is 0 Å². The van der Waals surface area contributed by atoms with Gasteiger partial charge in [0, 0.05) is 12.3 Å². The highest BCUT2D eigenvalue weighted by Crippen LogP contribution is 2.48. The molecule has 2 fully saturated rings. The minimum absolute atomic E-state index is 0.0504. The van der Waals surface area contributed by atoms with Gasteiger partial charge in [0.1, 0.15) is 0 Å². The van der Waals surface area contributed by atoms with Crippen LogP contribution in [0.2, 0.25) is 0 Å². The monoisotopic (exact) mass is 403 g/mol. The van der Waals surface area contributed by atoms with Gasteiger partial charge in [0.05, 0.1) is 31.3 Å². The van der Waals surface area contributed by atoms with E-state index in [2.05, 4.69) is 23.8 Å². The van der Waals surface area contributed by atoms with E-state index in [1.807, 2.05) is 18.2 Å². The van der Waals surface area contributed by atoms with Gasteiger partial charge in [-0.25, -0.2) is 0 Å². The lowest BCUT2D eigenvalue weighted by atomic mass is 9.63. The number of aliphatic hydroxyl groups excluding tert-OH is 2. The van der Waals surface area contributed by atoms with E-state index < -0.39 is 6.10 Å². The Kier molecular flexibility index (Phi) is 9.39. The lowest BCUT2D eigenvalue weighted by molar-refractivity contribution is -0.140. The molecule has 0 amide bonds. The van der Waals surface area contributed by atoms with E-state index in [1.165, 1.54) is 13.5 Å². The molecule has 0 radical (unpaired) electrons. The third kappa shape index (κ3) is 6.17. The fraction of sp³-hybridized carbons (Fsp3) is 0.750. The summed E-state index contributed by atoms with van der Waals surface area (Å²) < 4.78 is 4.63. The number of methoxy groups -OCH3 is 1. The number of unbranched alkanes of at least 4 members (excludes halogenated alkanes) is 1. The predicted molar refractivity (Wildman–Crippen MR) is 113 cm³/mol. The maximum Gasteiger partial charge on any atom is 0.305 e. The molecule has 2 saturated carbocycles. The van der Waals surface area contributed by atoms with Crippen molar-refractivity contribution < 1.29 is 19.7 Å². The van der Waals surface area contributed by atoms with Gasteiger partial charge in [0.2, 0.25) is 0 Å². The summed E-state index contributed by atoms with van der Waals surface area (Å²) in [5, 5.41) is 30.6. The van der Waals surface area contributed by atoms with Crippen molar-refractivity contribution >= 4 is 5.97 Å². The van der Waals surface area contributed by atoms with E-state index in [-0.39, 0.29) is 35.2 Å². The molecule has 0 heterocycles. The lowest BCUT2D eigenvalue weighted by Crippen LogP contribution is -2.40. The van der Waals surface area contributed by atoms with E-state index >= 15 is 0 Å². The van der Waals surface area contributed by atoms with Crippen LogP contribution in [0.4, 0.5) is 0 Å². The van der Waals surface area contributed by atoms with E-state index in [4.69, 9.17) is 0 Å². The van der Waals surface area contributed by atoms with Gasteiger partial charge in [-0.2, -0.15) is 5.26 Å². The minimum atomic E-state index is -0.505. The Hall–Kier alpha value is -1.64. The average Bonchev–Trinajstić information content (AvgIpc) is 2.98. The van der Waals surface area contributed by atoms with Crippen molar-refractivity contribution in [3.05, 3.63) is 24.3 Å². The summed E-state index contributed by atoms with van der Waals surface area (Å²) in [6, 6.07) is 2.36. The molecule has 5 atom stereocenters. The summed E-state index contributed by atoms with van der Waals surface area (Å²) in [6.45, 7) is 2.15. The van der Waals surface area contributed by atoms with Gasteiger partial charge >= 0.3 is 5.97 Å². The summed E-state index contributed by atoms with van der Waals surface area (Å²) in [7, 11) is 1.40. The summed E-state index contributed by atoms with van der Waals surface area (Å²) >= 11 is 0. The van der Waals surface area contributed by atoms with Crippen molar-refractivity contribution in [1.29, 1.82) is 5.26 Å². The molecule has 0 aromatic heterocycles. The van der Waals surface area contributed by atoms with Gasteiger partial charge in [0.25, 0.3) is 0 Å². The van der Waals surface area contributed by atoms with E-state index in [1.54, 1.807) is 0 Å². The van der Waals surface area contributed by atoms with Crippen LogP contribution in [0.3, 0.4) is 0 Å². The zero-order chi connectivity index (χ0) is 21.3. The average molecular weight is 404 g/mol. The Labute approximate surface area is 175 Å². The fourth-order valence-electron chi connectivity index (χ4n) is 4.89. The van der Waals surface area contributed by atoms with Gasteiger partial charge in [-0.1, -0.05) is 37.6 Å². The number of nitriles is 1. The number of hydrogen-bond donors (Lipinski definition) is 2. The highest BCUT2D eigenvalue weighted by molar-refractivity contribution is 5.69. The van der Waals surface area contributed by atoms with Crippen molar-refractivity contribution in [1.82, 2.24) is 0 Å². The normalized spacial score (nSPS) is 29.6. The van der Waals surface area contributed by atoms with Crippen LogP contribution >= 0.6 is 0 Å². The molecular formula is C24H37NO4. The van der Waals surface area contributed by atoms with Gasteiger partial charge in [-0.15, -0.1) is 0 Å². The molecule has 0 bridgehead atoms. The topological polar surface area (TPSA) is 90.5 Å². The van der Waals surface area contributed by atoms with Crippen LogP contribution in [0.1, 0.15) is 71.1 Å². The van der Waals surface area contributed by atoms with Crippen molar-refractivity contribution in [2.45, 2.75) is 83.3 Å². The molecule has 0 aromatic rings. The van der Waals surface area contributed by atoms with E-state index in [9.17, 15) is 20.3 Å². The van der Waals surface area contributed by atoms with Crippen LogP contribution in [-0.4, -0.2) is 35.5 Å². The lowest BCUT2D eigenvalue weighted by Gasteiger charge is -2.45. The highest BCUT2D eigenvalue weighted by Gasteiger charge is 2.42. The van der Waals surface area contributed by atoms with E-state index in [0.717, 1.165) is 38.5 Å². The van der Waals surface area contributed by atoms with Gasteiger partial charge < -0.3 is 14.9 Å². The Morgan fingerprint density at radius 3 is 2.69 bits per heavy atom. The standard InChI is InChI=1S/C24H37NO4/c1-3-24(14-9-15-24)22(27)12-8-11-20-19(18(17-25)16-21(20)26)10-6-4-5-7-13-23(28)29-2/h4,6,8,11,18-22,26-27H,3,5,7,9-10,12-16H2,1-2H3/t18-,19-,20+,21+,22?/m0/s1. The predicted octanol–water partition coefficient (Wildman–Crippen LogP) is 4.30. The SMILES string of the molecule is CCC1(C(O)CC=C[C@@H]2[C@@H](CC=CCCCC(=O)OC)[C@H](C#N)C[C@H]2O)CCC1. The zero-order valence-electron chi connectivity index (χ0n) is 17.9. The van der Waals surface area contributed by atoms with Gasteiger partial charge in [-0.05, 0) is 62.7 Å². The number of hydrogen-bond acceptors (Lipinski definition) is 5. The third-order valence-corrected chi connectivity index (χ3v) is 7.15. The Bertz CT molecular complexity index is 611. The smallest absolute Gasteiger partial charge is 0.305 e. The number of nitrogens with zero attached hydrogens (tertiary/aromatic N) is 1. The zero-order valence-corrected chi connectivity index (χ0v) is 17.9. The number of esters is 1. The fourth-order valence-corrected chi connectivity index (χ4v) is 4.89. The highest BCUT2D eigenvalue weighted by atomic mass is 16.5. The number of ether oxygens (including phenoxy) is 1. The number of rotatable bonds is 11. The first-order valence-electron chi connectivity index (χ1n) is 11.1. The second-order valence-electron chi connectivity index (χ2n) is 8.70. The molecule has 2 aliphatic rings. The largest absolute Gasteiger partial charge is 0.469 e. The molecule has 2 N–H and O–H groups in total. The van der Waals surface area contributed by atoms with Crippen molar-refractivity contribution in [2.24, 2.45) is 23.2 Å². The van der Waals surface area contributed by atoms with Gasteiger partial charge in [0.15, 0.2) is 0 Å². The number of aliphatic hydroxyl groups is 2. The Morgan fingerprint density at radius 1 is 1.34 bits per heavy atom. The Balaban J connectivity index is 1.87. The van der Waals surface area contributed by atoms with Crippen LogP contribution < -0.4 is 0 Å². The molecule has 5 heteroatoms. The number of carbonyl (C=O) groups is 1. The minimum Gasteiger partial charge on any atom is -0.469 e. The summed E-state index contributed by atoms with van der Waals surface area (Å²) in [6.07, 6.45) is 15.6. The maximum absolute atomic E-state index is 11.1. The van der Waals surface area contributed by atoms with Crippen LogP contribution in [0.5, 0.6) is 0 Å². The molecule has 2 aliphatic carbocycles. The van der Waals surface area contributed by atoms with E-state index in [0.29, 0.717) is 19.3 Å². The van der Waals surface area contributed by atoms with Gasteiger partial charge in [-0.3, -0.25) is 4.79 Å². The molecule has 0 aromatic carbocycles. The van der Waals surface area contributed by atoms with Crippen molar-refractivity contribution in [3.8, 4) is 6.07 Å². The molecule has 2 rings (SSSR count). The van der Waals surface area contributed by atoms with Crippen LogP contribution in [0, 0.1) is 34.5 Å². The molecule has 0 spiro atoms. The summed E-state index contributed by atoms with van der Waals surface area (Å²) in [4.78, 5) is 11.1. The molecule has 0 saturated heterocycles. The number of allylic oxidation sites excluding steroid dienone is 2. The molecule has 0 aliphatic heterocycles. The molecule has 162 valence electrons. The first-order valence-corrected chi connectivity index (χ1v) is 11.1. The summed E-state index contributed by atoms with van der Waals surface area (Å²) in [5.74, 6) is -0.312. The van der Waals surface area contributed by atoms with Crippen LogP contribution in [-0.2, 0) is 9.53 Å². The second-order valence-corrected chi connectivity index (χ2v) is 8.70. The molecule has 1 unspecified atom stereocenters. The van der Waals surface area contributed by atoms with Crippen molar-refractivity contribution in [2.75, 3.05) is 7.11 Å². The quantitative estimate of drug-likeness (QED) is 0.305. The Morgan fingerprint density at radius 2 is 2.10 bits per heavy atom. The summed E-state index contributed by atoms with van der Waals surface area (Å²) in [5.41, 5.74) is 0.0835. The van der Waals surface area contributed by atoms with Crippen LogP contribution in [0.25, 0.3) is 0 Å². The molecule has 5 nitrogen and oxygen atoms in total. The molecule has 29 heavy (non-hydrogen) atoms. The third-order valence-electron chi connectivity index (χ3n) is 7.15. The number of carbonyl (C=O) groups excluding carboxylic acids is 1. The molecular weight excluding hydrogens is 366 g/mol. The first kappa shape index (κ1) is 23.6. The first-order chi connectivity index (χ1) is 14.0. The second kappa shape index (κ2) is 11.5.